The van der Waals surface area contributed by atoms with Gasteiger partial charge < -0.3 is 0 Å². The third kappa shape index (κ3) is 3.34. The van der Waals surface area contributed by atoms with Crippen molar-refractivity contribution in [3.05, 3.63) is 57.8 Å². The SMILES string of the molecule is Fc1ccc(F)c(SCc2nc(Cl)ccc2Cl)c1. The summed E-state index contributed by atoms with van der Waals surface area (Å²) in [6.07, 6.45) is 0. The first-order valence-electron chi connectivity index (χ1n) is 4.95. The fraction of sp³-hybridized carbons (Fsp3) is 0.0833. The van der Waals surface area contributed by atoms with Crippen LogP contribution in [0.2, 0.25) is 10.2 Å². The van der Waals surface area contributed by atoms with E-state index in [1.807, 2.05) is 0 Å². The number of rotatable bonds is 3. The van der Waals surface area contributed by atoms with Crippen LogP contribution in [0.15, 0.2) is 35.2 Å². The lowest BCUT2D eigenvalue weighted by Crippen LogP contribution is -1.90. The van der Waals surface area contributed by atoms with Crippen LogP contribution < -0.4 is 0 Å². The molecule has 0 fully saturated rings. The van der Waals surface area contributed by atoms with Crippen LogP contribution in [-0.4, -0.2) is 4.98 Å². The van der Waals surface area contributed by atoms with Gasteiger partial charge in [-0.2, -0.15) is 0 Å². The Labute approximate surface area is 117 Å². The van der Waals surface area contributed by atoms with E-state index in [2.05, 4.69) is 4.98 Å². The molecule has 0 N–H and O–H groups in total. The lowest BCUT2D eigenvalue weighted by Gasteiger charge is -2.05. The molecule has 18 heavy (non-hydrogen) atoms. The van der Waals surface area contributed by atoms with E-state index >= 15 is 0 Å². The Morgan fingerprint density at radius 2 is 1.89 bits per heavy atom. The van der Waals surface area contributed by atoms with Crippen molar-refractivity contribution >= 4 is 35.0 Å². The monoisotopic (exact) mass is 305 g/mol. The van der Waals surface area contributed by atoms with Crippen LogP contribution in [0, 0.1) is 11.6 Å². The molecule has 6 heteroatoms. The molecule has 0 bridgehead atoms. The Hall–Kier alpha value is -0.840. The smallest absolute Gasteiger partial charge is 0.136 e. The van der Waals surface area contributed by atoms with Crippen LogP contribution in [0.25, 0.3) is 0 Å². The van der Waals surface area contributed by atoms with Gasteiger partial charge in [-0.05, 0) is 30.3 Å². The van der Waals surface area contributed by atoms with Gasteiger partial charge in [0.15, 0.2) is 0 Å². The van der Waals surface area contributed by atoms with Gasteiger partial charge in [-0.15, -0.1) is 11.8 Å². The number of aromatic nitrogens is 1. The van der Waals surface area contributed by atoms with Crippen molar-refractivity contribution in [3.63, 3.8) is 0 Å². The predicted molar refractivity (Wildman–Crippen MR) is 70.2 cm³/mol. The summed E-state index contributed by atoms with van der Waals surface area (Å²) in [6.45, 7) is 0. The van der Waals surface area contributed by atoms with Crippen molar-refractivity contribution < 1.29 is 8.78 Å². The molecule has 1 heterocycles. The first-order valence-corrected chi connectivity index (χ1v) is 6.69. The summed E-state index contributed by atoms with van der Waals surface area (Å²) < 4.78 is 26.4. The Kier molecular flexibility index (Phi) is 4.43. The van der Waals surface area contributed by atoms with Gasteiger partial charge in [-0.1, -0.05) is 23.2 Å². The number of hydrogen-bond donors (Lipinski definition) is 0. The van der Waals surface area contributed by atoms with Gasteiger partial charge >= 0.3 is 0 Å². The first-order chi connectivity index (χ1) is 8.56. The molecule has 0 aliphatic heterocycles. The highest BCUT2D eigenvalue weighted by molar-refractivity contribution is 7.98. The van der Waals surface area contributed by atoms with Crippen molar-refractivity contribution in [1.82, 2.24) is 4.98 Å². The minimum absolute atomic E-state index is 0.216. The molecule has 0 radical (unpaired) electrons. The van der Waals surface area contributed by atoms with Crippen LogP contribution in [0.3, 0.4) is 0 Å². The number of halogens is 4. The average Bonchev–Trinajstić information content (AvgIpc) is 2.34. The van der Waals surface area contributed by atoms with Crippen LogP contribution in [0.4, 0.5) is 8.78 Å². The zero-order valence-corrected chi connectivity index (χ0v) is 11.3. The summed E-state index contributed by atoms with van der Waals surface area (Å²) in [4.78, 5) is 4.25. The van der Waals surface area contributed by atoms with Gasteiger partial charge in [-0.25, -0.2) is 13.8 Å². The highest BCUT2D eigenvalue weighted by atomic mass is 35.5. The maximum Gasteiger partial charge on any atom is 0.136 e. The van der Waals surface area contributed by atoms with E-state index in [9.17, 15) is 8.78 Å². The van der Waals surface area contributed by atoms with Crippen LogP contribution in [-0.2, 0) is 5.75 Å². The fourth-order valence-corrected chi connectivity index (χ4v) is 2.62. The molecule has 1 aromatic heterocycles. The van der Waals surface area contributed by atoms with E-state index in [1.165, 1.54) is 0 Å². The number of pyridine rings is 1. The summed E-state index contributed by atoms with van der Waals surface area (Å²) in [5, 5.41) is 0.762. The Morgan fingerprint density at radius 1 is 1.11 bits per heavy atom. The number of benzene rings is 1. The molecule has 1 aromatic carbocycles. The maximum atomic E-state index is 13.4. The molecule has 0 unspecified atom stereocenters. The number of thioether (sulfide) groups is 1. The van der Waals surface area contributed by atoms with Gasteiger partial charge in [0, 0.05) is 10.6 Å². The largest absolute Gasteiger partial charge is 0.239 e. The van der Waals surface area contributed by atoms with Gasteiger partial charge in [0.2, 0.25) is 0 Å². The van der Waals surface area contributed by atoms with Crippen molar-refractivity contribution in [2.45, 2.75) is 10.6 Å². The predicted octanol–water partition coefficient (Wildman–Crippen LogP) is 4.96. The molecule has 2 aromatic rings. The van der Waals surface area contributed by atoms with E-state index in [1.54, 1.807) is 12.1 Å². The molecule has 0 saturated carbocycles. The zero-order chi connectivity index (χ0) is 13.1. The van der Waals surface area contributed by atoms with Crippen molar-refractivity contribution in [3.8, 4) is 0 Å². The van der Waals surface area contributed by atoms with E-state index < -0.39 is 11.6 Å². The molecule has 1 nitrogen and oxygen atoms in total. The average molecular weight is 306 g/mol. The maximum absolute atomic E-state index is 13.4. The normalized spacial score (nSPS) is 10.7. The summed E-state index contributed by atoms with van der Waals surface area (Å²) in [6, 6.07) is 6.49. The third-order valence-electron chi connectivity index (χ3n) is 2.14. The molecular weight excluding hydrogens is 299 g/mol. The second-order valence-electron chi connectivity index (χ2n) is 3.43. The van der Waals surface area contributed by atoms with Crippen LogP contribution in [0.5, 0.6) is 0 Å². The van der Waals surface area contributed by atoms with E-state index in [-0.39, 0.29) is 4.90 Å². The van der Waals surface area contributed by atoms with Crippen LogP contribution >= 0.6 is 35.0 Å². The first kappa shape index (κ1) is 13.6. The minimum Gasteiger partial charge on any atom is -0.239 e. The molecule has 0 amide bonds. The second-order valence-corrected chi connectivity index (χ2v) is 5.24. The summed E-state index contributed by atoms with van der Waals surface area (Å²) >= 11 is 12.8. The fourth-order valence-electron chi connectivity index (χ4n) is 1.29. The summed E-state index contributed by atoms with van der Waals surface area (Å²) in [7, 11) is 0. The lowest BCUT2D eigenvalue weighted by molar-refractivity contribution is 0.577. The van der Waals surface area contributed by atoms with Crippen molar-refractivity contribution in [2.75, 3.05) is 0 Å². The third-order valence-corrected chi connectivity index (χ3v) is 3.74. The number of nitrogens with zero attached hydrogens (tertiary/aromatic N) is 1. The molecule has 0 aliphatic carbocycles. The molecule has 0 saturated heterocycles. The highest BCUT2D eigenvalue weighted by Crippen LogP contribution is 2.28. The summed E-state index contributed by atoms with van der Waals surface area (Å²) in [5.41, 5.74) is 0.540. The Morgan fingerprint density at radius 3 is 2.67 bits per heavy atom. The quantitative estimate of drug-likeness (QED) is 0.587. The Bertz CT molecular complexity index is 526. The molecule has 94 valence electrons. The topological polar surface area (TPSA) is 12.9 Å². The Balaban J connectivity index is 2.16. The number of hydrogen-bond acceptors (Lipinski definition) is 2. The molecule has 2 rings (SSSR count). The summed E-state index contributed by atoms with van der Waals surface area (Å²) in [5.74, 6) is -0.636. The van der Waals surface area contributed by atoms with Crippen molar-refractivity contribution in [2.24, 2.45) is 0 Å². The highest BCUT2D eigenvalue weighted by Gasteiger charge is 2.08. The molecule has 0 atom stereocenters. The van der Waals surface area contributed by atoms with Crippen LogP contribution in [0.1, 0.15) is 5.69 Å². The van der Waals surface area contributed by atoms with E-state index in [4.69, 9.17) is 23.2 Å². The molecule has 0 aliphatic rings. The second kappa shape index (κ2) is 5.87. The van der Waals surface area contributed by atoms with E-state index in [0.717, 1.165) is 30.0 Å². The minimum atomic E-state index is -0.482. The lowest BCUT2D eigenvalue weighted by atomic mass is 10.3. The standard InChI is InChI=1S/C12H7Cl2F2NS/c13-8-2-4-12(14)17-10(8)6-18-11-5-7(15)1-3-9(11)16/h1-5H,6H2. The van der Waals surface area contributed by atoms with Crippen molar-refractivity contribution in [1.29, 1.82) is 0 Å². The zero-order valence-electron chi connectivity index (χ0n) is 8.96. The molecular formula is C12H7Cl2F2NS. The van der Waals surface area contributed by atoms with E-state index in [0.29, 0.717) is 21.6 Å². The molecule has 0 spiro atoms. The van der Waals surface area contributed by atoms with Gasteiger partial charge in [0.1, 0.15) is 16.8 Å². The van der Waals surface area contributed by atoms with Gasteiger partial charge in [0.25, 0.3) is 0 Å². The van der Waals surface area contributed by atoms with Gasteiger partial charge in [-0.3, -0.25) is 0 Å². The van der Waals surface area contributed by atoms with Gasteiger partial charge in [0.05, 0.1) is 10.7 Å².